The minimum atomic E-state index is -0.469. The predicted molar refractivity (Wildman–Crippen MR) is 72.4 cm³/mol. The van der Waals surface area contributed by atoms with Crippen molar-refractivity contribution in [2.24, 2.45) is 0 Å². The van der Waals surface area contributed by atoms with Crippen LogP contribution in [0, 0.1) is 10.1 Å². The van der Waals surface area contributed by atoms with Gasteiger partial charge in [0.05, 0.1) is 24.2 Å². The third-order valence-corrected chi connectivity index (χ3v) is 2.71. The molecule has 0 aromatic heterocycles. The van der Waals surface area contributed by atoms with Crippen LogP contribution in [0.25, 0.3) is 0 Å². The number of rotatable bonds is 8. The summed E-state index contributed by atoms with van der Waals surface area (Å²) in [6.07, 6.45) is 0.926. The van der Waals surface area contributed by atoms with Crippen LogP contribution in [0.3, 0.4) is 0 Å². The first kappa shape index (κ1) is 15.4. The van der Waals surface area contributed by atoms with Gasteiger partial charge < -0.3 is 15.2 Å². The van der Waals surface area contributed by atoms with Gasteiger partial charge in [0, 0.05) is 6.07 Å². The number of nitrogens with one attached hydrogen (secondary N) is 1. The lowest BCUT2D eigenvalue weighted by Gasteiger charge is -2.16. The fourth-order valence-electron chi connectivity index (χ4n) is 1.78. The number of aliphatic hydroxyl groups excluding tert-OH is 1. The summed E-state index contributed by atoms with van der Waals surface area (Å²) < 4.78 is 5.22. The van der Waals surface area contributed by atoms with E-state index in [0.29, 0.717) is 12.2 Å². The lowest BCUT2D eigenvalue weighted by atomic mass is 10.1. The highest BCUT2D eigenvalue weighted by Gasteiger charge is 2.19. The van der Waals surface area contributed by atoms with E-state index in [1.807, 2.05) is 6.92 Å². The molecule has 0 aliphatic heterocycles. The molecule has 106 valence electrons. The fraction of sp³-hybridized carbons (Fsp3) is 0.538. The monoisotopic (exact) mass is 268 g/mol. The summed E-state index contributed by atoms with van der Waals surface area (Å²) in [4.78, 5) is 10.5. The van der Waals surface area contributed by atoms with E-state index in [2.05, 4.69) is 5.32 Å². The van der Waals surface area contributed by atoms with Gasteiger partial charge in [-0.05, 0) is 31.5 Å². The Morgan fingerprint density at radius 3 is 2.74 bits per heavy atom. The maximum atomic E-state index is 11.0. The zero-order valence-corrected chi connectivity index (χ0v) is 11.3. The van der Waals surface area contributed by atoms with Crippen molar-refractivity contribution < 1.29 is 14.8 Å². The molecule has 0 saturated heterocycles. The van der Waals surface area contributed by atoms with Gasteiger partial charge in [0.25, 0.3) is 0 Å². The van der Waals surface area contributed by atoms with E-state index in [-0.39, 0.29) is 24.1 Å². The Balaban J connectivity index is 3.02. The summed E-state index contributed by atoms with van der Waals surface area (Å²) in [6.45, 7) is 4.80. The number of hydrogen-bond donors (Lipinski definition) is 2. The standard InChI is InChI=1S/C13H20N2O4/c1-3-7-14-11(9-16)10-5-6-13(19-4-2)12(8-10)15(17)18/h5-6,8,11,14,16H,3-4,7,9H2,1-2H3. The van der Waals surface area contributed by atoms with Crippen molar-refractivity contribution in [2.75, 3.05) is 19.8 Å². The lowest BCUT2D eigenvalue weighted by molar-refractivity contribution is -0.385. The number of nitro benzene ring substituents is 1. The summed E-state index contributed by atoms with van der Waals surface area (Å²) >= 11 is 0. The van der Waals surface area contributed by atoms with Crippen LogP contribution >= 0.6 is 0 Å². The largest absolute Gasteiger partial charge is 0.487 e. The quantitative estimate of drug-likeness (QED) is 0.556. The molecule has 6 nitrogen and oxygen atoms in total. The molecule has 1 atom stereocenters. The second-order valence-corrected chi connectivity index (χ2v) is 4.11. The van der Waals surface area contributed by atoms with E-state index in [9.17, 15) is 15.2 Å². The minimum absolute atomic E-state index is 0.0731. The van der Waals surface area contributed by atoms with Crippen LogP contribution in [0.2, 0.25) is 0 Å². The Bertz CT molecular complexity index is 423. The molecule has 1 rings (SSSR count). The average Bonchev–Trinajstić information content (AvgIpc) is 2.41. The minimum Gasteiger partial charge on any atom is -0.487 e. The van der Waals surface area contributed by atoms with Crippen molar-refractivity contribution in [3.05, 3.63) is 33.9 Å². The Morgan fingerprint density at radius 1 is 1.47 bits per heavy atom. The van der Waals surface area contributed by atoms with Crippen LogP contribution in [-0.4, -0.2) is 29.8 Å². The van der Waals surface area contributed by atoms with E-state index >= 15 is 0 Å². The Morgan fingerprint density at radius 2 is 2.21 bits per heavy atom. The molecule has 1 aromatic carbocycles. The molecular weight excluding hydrogens is 248 g/mol. The highest BCUT2D eigenvalue weighted by molar-refractivity contribution is 5.49. The molecule has 0 saturated carbocycles. The van der Waals surface area contributed by atoms with Gasteiger partial charge in [-0.25, -0.2) is 0 Å². The van der Waals surface area contributed by atoms with Crippen LogP contribution in [-0.2, 0) is 0 Å². The van der Waals surface area contributed by atoms with Gasteiger partial charge in [0.15, 0.2) is 5.75 Å². The number of nitrogens with zero attached hydrogens (tertiary/aromatic N) is 1. The van der Waals surface area contributed by atoms with Crippen molar-refractivity contribution >= 4 is 5.69 Å². The molecule has 1 aromatic rings. The first-order valence-corrected chi connectivity index (χ1v) is 6.39. The summed E-state index contributed by atoms with van der Waals surface area (Å²) in [7, 11) is 0. The van der Waals surface area contributed by atoms with Crippen LogP contribution in [0.15, 0.2) is 18.2 Å². The van der Waals surface area contributed by atoms with E-state index < -0.39 is 4.92 Å². The summed E-state index contributed by atoms with van der Waals surface area (Å²) in [5.74, 6) is 0.253. The molecule has 19 heavy (non-hydrogen) atoms. The molecule has 0 bridgehead atoms. The zero-order chi connectivity index (χ0) is 14.3. The Kier molecular flexibility index (Phi) is 6.24. The van der Waals surface area contributed by atoms with Gasteiger partial charge in [-0.15, -0.1) is 0 Å². The number of ether oxygens (including phenoxy) is 1. The molecule has 0 aliphatic rings. The number of nitro groups is 1. The second-order valence-electron chi connectivity index (χ2n) is 4.11. The second kappa shape index (κ2) is 7.70. The Hall–Kier alpha value is -1.66. The van der Waals surface area contributed by atoms with Crippen LogP contribution in [0.1, 0.15) is 31.9 Å². The molecule has 0 amide bonds. The lowest BCUT2D eigenvalue weighted by Crippen LogP contribution is -2.25. The molecule has 0 radical (unpaired) electrons. The molecule has 2 N–H and O–H groups in total. The smallest absolute Gasteiger partial charge is 0.311 e. The fourth-order valence-corrected chi connectivity index (χ4v) is 1.78. The van der Waals surface area contributed by atoms with Crippen LogP contribution in [0.4, 0.5) is 5.69 Å². The first-order valence-electron chi connectivity index (χ1n) is 6.39. The van der Waals surface area contributed by atoms with E-state index in [1.54, 1.807) is 19.1 Å². The third kappa shape index (κ3) is 4.18. The maximum Gasteiger partial charge on any atom is 0.311 e. The van der Waals surface area contributed by atoms with Gasteiger partial charge in [-0.3, -0.25) is 10.1 Å². The molecule has 0 fully saturated rings. The van der Waals surface area contributed by atoms with Crippen molar-refractivity contribution in [1.29, 1.82) is 0 Å². The SMILES string of the molecule is CCCNC(CO)c1ccc(OCC)c([N+](=O)[O-])c1. The average molecular weight is 268 g/mol. The van der Waals surface area contributed by atoms with E-state index in [4.69, 9.17) is 4.74 Å². The van der Waals surface area contributed by atoms with Gasteiger partial charge in [-0.2, -0.15) is 0 Å². The Labute approximate surface area is 112 Å². The maximum absolute atomic E-state index is 11.0. The third-order valence-electron chi connectivity index (χ3n) is 2.71. The summed E-state index contributed by atoms with van der Waals surface area (Å²) in [5, 5.41) is 23.5. The van der Waals surface area contributed by atoms with Gasteiger partial charge in [0.2, 0.25) is 0 Å². The van der Waals surface area contributed by atoms with Crippen molar-refractivity contribution in [3.63, 3.8) is 0 Å². The molecule has 0 spiro atoms. The highest BCUT2D eigenvalue weighted by atomic mass is 16.6. The zero-order valence-electron chi connectivity index (χ0n) is 11.3. The topological polar surface area (TPSA) is 84.6 Å². The number of benzene rings is 1. The summed E-state index contributed by atoms with van der Waals surface area (Å²) in [5.41, 5.74) is 0.613. The van der Waals surface area contributed by atoms with Crippen molar-refractivity contribution in [1.82, 2.24) is 5.32 Å². The van der Waals surface area contributed by atoms with Crippen LogP contribution in [0.5, 0.6) is 5.75 Å². The normalized spacial score (nSPS) is 12.2. The van der Waals surface area contributed by atoms with Crippen molar-refractivity contribution in [2.45, 2.75) is 26.3 Å². The predicted octanol–water partition coefficient (Wildman–Crippen LogP) is 2.03. The van der Waals surface area contributed by atoms with Crippen LogP contribution < -0.4 is 10.1 Å². The highest BCUT2D eigenvalue weighted by Crippen LogP contribution is 2.30. The molecule has 6 heteroatoms. The first-order chi connectivity index (χ1) is 9.13. The van der Waals surface area contributed by atoms with Crippen molar-refractivity contribution in [3.8, 4) is 5.75 Å². The molecule has 1 unspecified atom stereocenters. The number of aliphatic hydroxyl groups is 1. The van der Waals surface area contributed by atoms with Gasteiger partial charge in [0.1, 0.15) is 0 Å². The summed E-state index contributed by atoms with van der Waals surface area (Å²) in [6, 6.07) is 4.47. The van der Waals surface area contributed by atoms with E-state index in [0.717, 1.165) is 13.0 Å². The molecular formula is C13H20N2O4. The molecule has 0 heterocycles. The molecule has 0 aliphatic carbocycles. The number of hydrogen-bond acceptors (Lipinski definition) is 5. The van der Waals surface area contributed by atoms with E-state index in [1.165, 1.54) is 6.07 Å². The van der Waals surface area contributed by atoms with Gasteiger partial charge >= 0.3 is 5.69 Å². The van der Waals surface area contributed by atoms with Gasteiger partial charge in [-0.1, -0.05) is 13.0 Å².